The minimum absolute atomic E-state index is 0.0743. The van der Waals surface area contributed by atoms with E-state index in [9.17, 15) is 0 Å². The SMILES string of the molecule is CNSc1cc(C(=N)c2cc(OC(C)C)ccc2N)ccn1. The maximum atomic E-state index is 8.43. The molecule has 0 bridgehead atoms. The molecule has 0 aliphatic rings. The van der Waals surface area contributed by atoms with Crippen molar-refractivity contribution in [3.05, 3.63) is 47.7 Å². The molecule has 0 spiro atoms. The summed E-state index contributed by atoms with van der Waals surface area (Å²) < 4.78 is 8.65. The highest BCUT2D eigenvalue weighted by Gasteiger charge is 2.12. The number of aromatic nitrogens is 1. The molecule has 2 aromatic rings. The number of ether oxygens (including phenoxy) is 1. The first kappa shape index (κ1) is 16.3. The molecule has 5 nitrogen and oxygen atoms in total. The Morgan fingerprint density at radius 1 is 1.32 bits per heavy atom. The third-order valence-electron chi connectivity index (χ3n) is 2.90. The predicted octanol–water partition coefficient (Wildman–Crippen LogP) is 3.09. The van der Waals surface area contributed by atoms with Gasteiger partial charge in [-0.1, -0.05) is 0 Å². The lowest BCUT2D eigenvalue weighted by Gasteiger charge is -2.13. The Kier molecular flexibility index (Phi) is 5.41. The topological polar surface area (TPSA) is 84.0 Å². The van der Waals surface area contributed by atoms with Gasteiger partial charge in [-0.15, -0.1) is 0 Å². The summed E-state index contributed by atoms with van der Waals surface area (Å²) >= 11 is 1.40. The molecule has 4 N–H and O–H groups in total. The molecule has 22 heavy (non-hydrogen) atoms. The highest BCUT2D eigenvalue weighted by atomic mass is 32.2. The van der Waals surface area contributed by atoms with Crippen LogP contribution < -0.4 is 15.2 Å². The normalized spacial score (nSPS) is 10.7. The molecule has 0 radical (unpaired) electrons. The van der Waals surface area contributed by atoms with Gasteiger partial charge < -0.3 is 10.5 Å². The number of benzene rings is 1. The minimum atomic E-state index is 0.0743. The lowest BCUT2D eigenvalue weighted by atomic mass is 10.0. The maximum absolute atomic E-state index is 8.43. The summed E-state index contributed by atoms with van der Waals surface area (Å²) in [6, 6.07) is 9.06. The van der Waals surface area contributed by atoms with Gasteiger partial charge in [0.05, 0.1) is 11.8 Å². The molecule has 1 aromatic heterocycles. The van der Waals surface area contributed by atoms with Gasteiger partial charge >= 0.3 is 0 Å². The second kappa shape index (κ2) is 7.29. The molecule has 0 atom stereocenters. The fraction of sp³-hybridized carbons (Fsp3) is 0.250. The molecule has 6 heteroatoms. The third-order valence-corrected chi connectivity index (χ3v) is 3.53. The van der Waals surface area contributed by atoms with Crippen molar-refractivity contribution in [2.75, 3.05) is 12.8 Å². The average molecular weight is 316 g/mol. The van der Waals surface area contributed by atoms with Crippen molar-refractivity contribution in [1.82, 2.24) is 9.71 Å². The lowest BCUT2D eigenvalue weighted by molar-refractivity contribution is 0.242. The van der Waals surface area contributed by atoms with Crippen LogP contribution in [0.4, 0.5) is 5.69 Å². The summed E-state index contributed by atoms with van der Waals surface area (Å²) in [6.07, 6.45) is 1.76. The van der Waals surface area contributed by atoms with Crippen LogP contribution in [0.25, 0.3) is 0 Å². The van der Waals surface area contributed by atoms with Gasteiger partial charge in [-0.25, -0.2) is 4.98 Å². The van der Waals surface area contributed by atoms with Crippen molar-refractivity contribution in [2.45, 2.75) is 25.0 Å². The number of nitrogens with two attached hydrogens (primary N) is 1. The summed E-state index contributed by atoms with van der Waals surface area (Å²) in [5, 5.41) is 9.23. The first-order valence-electron chi connectivity index (χ1n) is 6.96. The molecule has 0 saturated heterocycles. The van der Waals surface area contributed by atoms with Crippen LogP contribution in [0.15, 0.2) is 41.6 Å². The van der Waals surface area contributed by atoms with Crippen molar-refractivity contribution < 1.29 is 4.74 Å². The van der Waals surface area contributed by atoms with Crippen LogP contribution in [0.1, 0.15) is 25.0 Å². The molecule has 0 aliphatic carbocycles. The number of nitrogens with zero attached hydrogens (tertiary/aromatic N) is 1. The number of anilines is 1. The van der Waals surface area contributed by atoms with Gasteiger partial charge in [-0.3, -0.25) is 10.1 Å². The number of nitrogens with one attached hydrogen (secondary N) is 2. The van der Waals surface area contributed by atoms with E-state index in [-0.39, 0.29) is 6.10 Å². The van der Waals surface area contributed by atoms with Gasteiger partial charge in [0.2, 0.25) is 0 Å². The fourth-order valence-corrected chi connectivity index (χ4v) is 2.49. The zero-order chi connectivity index (χ0) is 16.1. The highest BCUT2D eigenvalue weighted by Crippen LogP contribution is 2.24. The Morgan fingerprint density at radius 2 is 2.09 bits per heavy atom. The molecule has 1 heterocycles. The van der Waals surface area contributed by atoms with E-state index in [1.807, 2.05) is 39.1 Å². The van der Waals surface area contributed by atoms with Crippen molar-refractivity contribution in [3.8, 4) is 5.75 Å². The van der Waals surface area contributed by atoms with E-state index < -0.39 is 0 Å². The maximum Gasteiger partial charge on any atom is 0.120 e. The van der Waals surface area contributed by atoms with E-state index in [0.29, 0.717) is 22.7 Å². The molecule has 0 unspecified atom stereocenters. The predicted molar refractivity (Wildman–Crippen MR) is 91.7 cm³/mol. The Bertz CT molecular complexity index is 673. The van der Waals surface area contributed by atoms with E-state index in [0.717, 1.165) is 10.6 Å². The second-order valence-corrected chi connectivity index (χ2v) is 6.01. The van der Waals surface area contributed by atoms with Crippen molar-refractivity contribution in [1.29, 1.82) is 5.41 Å². The Hall–Kier alpha value is -2.05. The smallest absolute Gasteiger partial charge is 0.120 e. The zero-order valence-electron chi connectivity index (χ0n) is 12.9. The highest BCUT2D eigenvalue weighted by molar-refractivity contribution is 7.97. The summed E-state index contributed by atoms with van der Waals surface area (Å²) in [5.41, 5.74) is 8.36. The summed E-state index contributed by atoms with van der Waals surface area (Å²) in [6.45, 7) is 3.93. The van der Waals surface area contributed by atoms with Gasteiger partial charge in [-0.05, 0) is 63.2 Å². The molecule has 1 aromatic carbocycles. The number of hydrogen-bond acceptors (Lipinski definition) is 6. The number of pyridine rings is 1. The van der Waals surface area contributed by atoms with Crippen LogP contribution >= 0.6 is 11.9 Å². The summed E-state index contributed by atoms with van der Waals surface area (Å²) in [7, 11) is 1.83. The number of rotatable bonds is 6. The second-order valence-electron chi connectivity index (χ2n) is 4.98. The van der Waals surface area contributed by atoms with E-state index in [1.165, 1.54) is 11.9 Å². The van der Waals surface area contributed by atoms with E-state index in [4.69, 9.17) is 15.9 Å². The van der Waals surface area contributed by atoms with Crippen LogP contribution in [0.2, 0.25) is 0 Å². The molecule has 0 fully saturated rings. The molecule has 0 amide bonds. The molecular formula is C16H20N4OS. The molecule has 2 rings (SSSR count). The van der Waals surface area contributed by atoms with Crippen LogP contribution in [0.3, 0.4) is 0 Å². The van der Waals surface area contributed by atoms with Gasteiger partial charge in [0.25, 0.3) is 0 Å². The first-order chi connectivity index (χ1) is 10.5. The summed E-state index contributed by atoms with van der Waals surface area (Å²) in [4.78, 5) is 4.23. The molecule has 0 saturated carbocycles. The standard InChI is InChI=1S/C16H20N4OS/c1-10(2)21-12-4-5-14(17)13(9-12)16(18)11-6-7-20-15(8-11)22-19-3/h4-10,18-19H,17H2,1-3H3. The van der Waals surface area contributed by atoms with Gasteiger partial charge in [-0.2, -0.15) is 0 Å². The quantitative estimate of drug-likeness (QED) is 0.433. The van der Waals surface area contributed by atoms with Crippen LogP contribution in [-0.2, 0) is 0 Å². The molecule has 116 valence electrons. The summed E-state index contributed by atoms with van der Waals surface area (Å²) in [5.74, 6) is 0.711. The zero-order valence-corrected chi connectivity index (χ0v) is 13.7. The van der Waals surface area contributed by atoms with Crippen molar-refractivity contribution >= 4 is 23.3 Å². The van der Waals surface area contributed by atoms with Gasteiger partial charge in [0.15, 0.2) is 0 Å². The largest absolute Gasteiger partial charge is 0.491 e. The monoisotopic (exact) mass is 316 g/mol. The Balaban J connectivity index is 2.34. The van der Waals surface area contributed by atoms with Crippen molar-refractivity contribution in [2.24, 2.45) is 0 Å². The van der Waals surface area contributed by atoms with Gasteiger partial charge in [0.1, 0.15) is 10.8 Å². The Labute approximate surface area is 134 Å². The molecule has 0 aliphatic heterocycles. The van der Waals surface area contributed by atoms with E-state index in [1.54, 1.807) is 18.3 Å². The minimum Gasteiger partial charge on any atom is -0.491 e. The first-order valence-corrected chi connectivity index (χ1v) is 7.78. The number of hydrogen-bond donors (Lipinski definition) is 3. The van der Waals surface area contributed by atoms with E-state index >= 15 is 0 Å². The third kappa shape index (κ3) is 3.99. The van der Waals surface area contributed by atoms with Crippen LogP contribution in [-0.4, -0.2) is 23.8 Å². The average Bonchev–Trinajstić information content (AvgIpc) is 2.49. The van der Waals surface area contributed by atoms with Gasteiger partial charge in [0, 0.05) is 23.0 Å². The number of nitrogen functional groups attached to an aromatic ring is 1. The van der Waals surface area contributed by atoms with Crippen molar-refractivity contribution in [3.63, 3.8) is 0 Å². The fourth-order valence-electron chi connectivity index (χ4n) is 1.98. The van der Waals surface area contributed by atoms with Crippen LogP contribution in [0.5, 0.6) is 5.75 Å². The van der Waals surface area contributed by atoms with E-state index in [2.05, 4.69) is 9.71 Å². The van der Waals surface area contributed by atoms with Crippen LogP contribution in [0, 0.1) is 5.41 Å². The lowest BCUT2D eigenvalue weighted by Crippen LogP contribution is -2.09. The Morgan fingerprint density at radius 3 is 2.77 bits per heavy atom. The molecular weight excluding hydrogens is 296 g/mol.